The molecule has 0 aromatic heterocycles. The molecule has 1 unspecified atom stereocenters. The maximum atomic E-state index is 13.9. The van der Waals surface area contributed by atoms with E-state index in [0.717, 1.165) is 12.8 Å². The van der Waals surface area contributed by atoms with Crippen molar-refractivity contribution in [1.82, 2.24) is 4.72 Å². The van der Waals surface area contributed by atoms with Crippen LogP contribution < -0.4 is 15.2 Å². The minimum Gasteiger partial charge on any atom is -0.494 e. The molecule has 0 bridgehead atoms. The molecule has 1 aliphatic rings. The highest BCUT2D eigenvalue weighted by molar-refractivity contribution is 7.89. The fourth-order valence-electron chi connectivity index (χ4n) is 2.07. The van der Waals surface area contributed by atoms with E-state index in [9.17, 15) is 12.8 Å². The van der Waals surface area contributed by atoms with E-state index in [0.29, 0.717) is 5.92 Å². The van der Waals surface area contributed by atoms with Crippen LogP contribution >= 0.6 is 0 Å². The van der Waals surface area contributed by atoms with Crippen LogP contribution in [0.15, 0.2) is 17.0 Å². The van der Waals surface area contributed by atoms with Gasteiger partial charge in [0.05, 0.1) is 12.0 Å². The molecule has 7 heteroatoms. The lowest BCUT2D eigenvalue weighted by atomic mass is 10.2. The van der Waals surface area contributed by atoms with Crippen molar-refractivity contribution >= 4 is 10.0 Å². The Morgan fingerprint density at radius 2 is 2.15 bits per heavy atom. The van der Waals surface area contributed by atoms with E-state index >= 15 is 0 Å². The lowest BCUT2D eigenvalue weighted by molar-refractivity contribution is 0.384. The van der Waals surface area contributed by atoms with Gasteiger partial charge in [-0.15, -0.1) is 0 Å². The maximum absolute atomic E-state index is 13.9. The number of hydrogen-bond donors (Lipinski definition) is 2. The minimum atomic E-state index is -3.76. The minimum absolute atomic E-state index is 0.0242. The third kappa shape index (κ3) is 3.11. The number of nitrogens with one attached hydrogen (secondary N) is 1. The summed E-state index contributed by atoms with van der Waals surface area (Å²) in [5.41, 5.74) is 5.90. The highest BCUT2D eigenvalue weighted by atomic mass is 32.2. The average Bonchev–Trinajstić information content (AvgIpc) is 3.23. The second-order valence-corrected chi connectivity index (χ2v) is 6.79. The molecular formula is C13H19FN2O3S. The van der Waals surface area contributed by atoms with Crippen LogP contribution in [0.5, 0.6) is 5.75 Å². The predicted molar refractivity (Wildman–Crippen MR) is 73.6 cm³/mol. The van der Waals surface area contributed by atoms with Crippen molar-refractivity contribution < 1.29 is 17.5 Å². The Kier molecular flexibility index (Phi) is 4.31. The zero-order valence-corrected chi connectivity index (χ0v) is 12.3. The zero-order valence-electron chi connectivity index (χ0n) is 11.5. The van der Waals surface area contributed by atoms with Gasteiger partial charge >= 0.3 is 0 Å². The van der Waals surface area contributed by atoms with Gasteiger partial charge in [-0.05, 0) is 37.8 Å². The van der Waals surface area contributed by atoms with Crippen molar-refractivity contribution in [3.8, 4) is 5.75 Å². The summed E-state index contributed by atoms with van der Waals surface area (Å²) in [7, 11) is -2.43. The van der Waals surface area contributed by atoms with E-state index < -0.39 is 15.8 Å². The second kappa shape index (κ2) is 5.67. The molecule has 0 spiro atoms. The van der Waals surface area contributed by atoms with Crippen LogP contribution in [0.4, 0.5) is 4.39 Å². The summed E-state index contributed by atoms with van der Waals surface area (Å²) in [5, 5.41) is 0. The van der Waals surface area contributed by atoms with E-state index in [1.807, 2.05) is 0 Å². The summed E-state index contributed by atoms with van der Waals surface area (Å²) in [5.74, 6) is -0.246. The highest BCUT2D eigenvalue weighted by Gasteiger charge is 2.30. The lowest BCUT2D eigenvalue weighted by Gasteiger charge is -2.14. The van der Waals surface area contributed by atoms with Gasteiger partial charge in [-0.3, -0.25) is 0 Å². The molecule has 20 heavy (non-hydrogen) atoms. The zero-order chi connectivity index (χ0) is 14.9. The molecule has 2 rings (SSSR count). The van der Waals surface area contributed by atoms with Crippen molar-refractivity contribution in [3.63, 3.8) is 0 Å². The molecule has 3 N–H and O–H groups in total. The van der Waals surface area contributed by atoms with E-state index in [-0.39, 0.29) is 28.8 Å². The summed E-state index contributed by atoms with van der Waals surface area (Å²) in [6, 6.07) is 2.45. The standard InChI is InChI=1S/C13H19FN2O3S/c1-8-12(6-5-11(19-2)13(8)14)20(17,18)16-7-10(15)9-3-4-9/h5-6,9-10,16H,3-4,7,15H2,1-2H3. The Balaban J connectivity index is 2.18. The molecule has 1 fully saturated rings. The largest absolute Gasteiger partial charge is 0.494 e. The highest BCUT2D eigenvalue weighted by Crippen LogP contribution is 2.31. The van der Waals surface area contributed by atoms with Crippen LogP contribution in [-0.2, 0) is 10.0 Å². The number of hydrogen-bond acceptors (Lipinski definition) is 4. The first-order valence-electron chi connectivity index (χ1n) is 6.45. The number of benzene rings is 1. The summed E-state index contributed by atoms with van der Waals surface area (Å²) >= 11 is 0. The third-order valence-electron chi connectivity index (χ3n) is 3.55. The van der Waals surface area contributed by atoms with E-state index in [2.05, 4.69) is 4.72 Å². The van der Waals surface area contributed by atoms with Gasteiger partial charge in [0, 0.05) is 18.2 Å². The lowest BCUT2D eigenvalue weighted by Crippen LogP contribution is -2.38. The smallest absolute Gasteiger partial charge is 0.240 e. The van der Waals surface area contributed by atoms with E-state index in [4.69, 9.17) is 10.5 Å². The van der Waals surface area contributed by atoms with Gasteiger partial charge in [0.15, 0.2) is 11.6 Å². The Labute approximate surface area is 118 Å². The van der Waals surface area contributed by atoms with Gasteiger partial charge in [-0.2, -0.15) is 0 Å². The normalized spacial score (nSPS) is 17.0. The molecule has 0 saturated heterocycles. The molecule has 1 aliphatic carbocycles. The number of rotatable bonds is 6. The molecule has 0 radical (unpaired) electrons. The number of ether oxygens (including phenoxy) is 1. The number of nitrogens with two attached hydrogens (primary N) is 1. The first kappa shape index (κ1) is 15.2. The summed E-state index contributed by atoms with van der Waals surface area (Å²) in [6.07, 6.45) is 2.08. The van der Waals surface area contributed by atoms with Gasteiger partial charge in [-0.25, -0.2) is 17.5 Å². The molecule has 1 aromatic rings. The number of sulfonamides is 1. The van der Waals surface area contributed by atoms with Crippen LogP contribution in [-0.4, -0.2) is 28.1 Å². The van der Waals surface area contributed by atoms with Crippen LogP contribution in [0.3, 0.4) is 0 Å². The Bertz CT molecular complexity index is 600. The fraction of sp³-hybridized carbons (Fsp3) is 0.538. The average molecular weight is 302 g/mol. The Morgan fingerprint density at radius 3 is 2.70 bits per heavy atom. The molecule has 1 atom stereocenters. The molecule has 1 saturated carbocycles. The second-order valence-electron chi connectivity index (χ2n) is 5.06. The third-order valence-corrected chi connectivity index (χ3v) is 5.12. The first-order valence-corrected chi connectivity index (χ1v) is 7.93. The van der Waals surface area contributed by atoms with Crippen LogP contribution in [0.2, 0.25) is 0 Å². The molecule has 5 nitrogen and oxygen atoms in total. The van der Waals surface area contributed by atoms with Gasteiger partial charge in [0.25, 0.3) is 0 Å². The van der Waals surface area contributed by atoms with Crippen molar-refractivity contribution in [3.05, 3.63) is 23.5 Å². The maximum Gasteiger partial charge on any atom is 0.240 e. The van der Waals surface area contributed by atoms with Gasteiger partial charge in [0.2, 0.25) is 10.0 Å². The number of methoxy groups -OCH3 is 1. The summed E-state index contributed by atoms with van der Waals surface area (Å²) in [4.78, 5) is -0.0844. The quantitative estimate of drug-likeness (QED) is 0.826. The van der Waals surface area contributed by atoms with Crippen molar-refractivity contribution in [2.45, 2.75) is 30.7 Å². The van der Waals surface area contributed by atoms with Crippen molar-refractivity contribution in [2.75, 3.05) is 13.7 Å². The number of halogens is 1. The monoisotopic (exact) mass is 302 g/mol. The topological polar surface area (TPSA) is 81.4 Å². The van der Waals surface area contributed by atoms with Gasteiger partial charge in [0.1, 0.15) is 0 Å². The Morgan fingerprint density at radius 1 is 1.50 bits per heavy atom. The molecule has 0 aliphatic heterocycles. The van der Waals surface area contributed by atoms with Crippen molar-refractivity contribution in [1.29, 1.82) is 0 Å². The van der Waals surface area contributed by atoms with E-state index in [1.165, 1.54) is 26.2 Å². The van der Waals surface area contributed by atoms with Gasteiger partial charge < -0.3 is 10.5 Å². The van der Waals surface area contributed by atoms with Crippen LogP contribution in [0, 0.1) is 18.7 Å². The predicted octanol–water partition coefficient (Wildman–Crippen LogP) is 1.16. The SMILES string of the molecule is COc1ccc(S(=O)(=O)NCC(N)C2CC2)c(C)c1F. The molecular weight excluding hydrogens is 283 g/mol. The van der Waals surface area contributed by atoms with Crippen LogP contribution in [0.1, 0.15) is 18.4 Å². The molecule has 0 heterocycles. The molecule has 1 aromatic carbocycles. The first-order chi connectivity index (χ1) is 9.36. The Hall–Kier alpha value is -1.18. The molecule has 0 amide bonds. The molecule has 112 valence electrons. The van der Waals surface area contributed by atoms with Crippen LogP contribution in [0.25, 0.3) is 0 Å². The van der Waals surface area contributed by atoms with Gasteiger partial charge in [-0.1, -0.05) is 0 Å². The summed E-state index contributed by atoms with van der Waals surface area (Å²) in [6.45, 7) is 1.58. The van der Waals surface area contributed by atoms with E-state index in [1.54, 1.807) is 0 Å². The fourth-order valence-corrected chi connectivity index (χ4v) is 3.37. The summed E-state index contributed by atoms with van der Waals surface area (Å²) < 4.78 is 45.5. The van der Waals surface area contributed by atoms with Crippen molar-refractivity contribution in [2.24, 2.45) is 11.7 Å².